The number of nitrogens with zero attached hydrogens (tertiary/aromatic N) is 4. The second-order valence-corrected chi connectivity index (χ2v) is 7.11. The fourth-order valence-electron chi connectivity index (χ4n) is 3.62. The number of hydrogen-bond acceptors (Lipinski definition) is 6. The Balaban J connectivity index is 1.90. The Hall–Kier alpha value is -4.27. The number of rotatable bonds is 3. The number of benzene rings is 2. The molecule has 0 radical (unpaired) electrons. The first-order chi connectivity index (χ1) is 15.4. The molecule has 0 atom stereocenters. The van der Waals surface area contributed by atoms with Gasteiger partial charge in [0, 0.05) is 11.1 Å². The minimum atomic E-state index is -1.41. The van der Waals surface area contributed by atoms with Crippen molar-refractivity contribution >= 4 is 39.3 Å². The molecule has 0 saturated heterocycles. The summed E-state index contributed by atoms with van der Waals surface area (Å²) in [5, 5.41) is 3.14. The molecule has 2 aromatic carbocycles. The monoisotopic (exact) mass is 432 g/mol. The lowest BCUT2D eigenvalue weighted by Gasteiger charge is -2.15. The lowest BCUT2D eigenvalue weighted by Crippen LogP contribution is -2.07. The number of nitrogens with one attached hydrogen (secondary N) is 1. The van der Waals surface area contributed by atoms with Crippen molar-refractivity contribution in [2.24, 2.45) is 0 Å². The van der Waals surface area contributed by atoms with E-state index in [9.17, 15) is 4.39 Å². The average Bonchev–Trinajstić information content (AvgIpc) is 2.79. The van der Waals surface area contributed by atoms with Gasteiger partial charge in [0.2, 0.25) is 11.9 Å². The predicted molar refractivity (Wildman–Crippen MR) is 117 cm³/mol. The molecule has 9 heteroatoms. The minimum absolute atomic E-state index is 0.0173. The van der Waals surface area contributed by atoms with Gasteiger partial charge in [-0.15, -0.1) is 0 Å². The first kappa shape index (κ1) is 19.7. The number of halogens is 3. The Bertz CT molecular complexity index is 1510. The van der Waals surface area contributed by atoms with E-state index in [1.807, 2.05) is 6.07 Å². The van der Waals surface area contributed by atoms with Gasteiger partial charge in [-0.25, -0.2) is 28.7 Å². The second-order valence-electron chi connectivity index (χ2n) is 7.11. The molecule has 0 fully saturated rings. The lowest BCUT2D eigenvalue weighted by atomic mass is 10.0. The number of hydrogen-bond donors (Lipinski definition) is 2. The van der Waals surface area contributed by atoms with Crippen LogP contribution in [0.25, 0.3) is 33.1 Å². The smallest absolute Gasteiger partial charge is 0.250 e. The molecule has 0 bridgehead atoms. The summed E-state index contributed by atoms with van der Waals surface area (Å²) in [5.74, 6) is -3.65. The zero-order chi connectivity index (χ0) is 22.4. The van der Waals surface area contributed by atoms with Crippen molar-refractivity contribution in [1.29, 1.82) is 0 Å². The van der Waals surface area contributed by atoms with Crippen LogP contribution in [0.1, 0.15) is 5.69 Å². The molecule has 0 aliphatic heterocycles. The molecule has 3 heterocycles. The van der Waals surface area contributed by atoms with Crippen LogP contribution in [0.15, 0.2) is 54.6 Å². The molecule has 3 aromatic heterocycles. The van der Waals surface area contributed by atoms with Gasteiger partial charge in [0.25, 0.3) is 0 Å². The zero-order valence-corrected chi connectivity index (χ0v) is 16.7. The highest BCUT2D eigenvalue weighted by atomic mass is 19.2. The number of para-hydroxylation sites is 2. The molecule has 0 spiro atoms. The van der Waals surface area contributed by atoms with Gasteiger partial charge in [-0.05, 0) is 25.1 Å². The van der Waals surface area contributed by atoms with Crippen molar-refractivity contribution in [2.75, 3.05) is 11.1 Å². The normalized spacial score (nSPS) is 11.2. The molecule has 0 aliphatic carbocycles. The topological polar surface area (TPSA) is 89.6 Å². The summed E-state index contributed by atoms with van der Waals surface area (Å²) in [7, 11) is 0. The lowest BCUT2D eigenvalue weighted by molar-refractivity contribution is 0.485. The number of aromatic nitrogens is 4. The van der Waals surface area contributed by atoms with Gasteiger partial charge in [-0.2, -0.15) is 4.39 Å². The van der Waals surface area contributed by atoms with E-state index in [1.54, 1.807) is 48.5 Å². The van der Waals surface area contributed by atoms with Crippen molar-refractivity contribution in [3.63, 3.8) is 0 Å². The van der Waals surface area contributed by atoms with Crippen LogP contribution in [-0.2, 0) is 0 Å². The highest BCUT2D eigenvalue weighted by Gasteiger charge is 2.26. The van der Waals surface area contributed by atoms with Crippen molar-refractivity contribution in [2.45, 2.75) is 6.92 Å². The standard InChI is InChI=1S/C23H15F3N6/c1-11-17(24)15-16(19-13-9-5-6-10-14(13)30-23(27)32-19)18(25)21(26)31-20(15)22(28-11)29-12-7-3-2-4-8-12/h2-10H,1H3,(H,28,29)(H2,27,30,32). The van der Waals surface area contributed by atoms with Gasteiger partial charge in [0.15, 0.2) is 17.5 Å². The van der Waals surface area contributed by atoms with Crippen LogP contribution >= 0.6 is 0 Å². The van der Waals surface area contributed by atoms with Crippen LogP contribution < -0.4 is 11.1 Å². The maximum Gasteiger partial charge on any atom is 0.250 e. The van der Waals surface area contributed by atoms with Crippen LogP contribution in [0.3, 0.4) is 0 Å². The third-order valence-corrected chi connectivity index (χ3v) is 5.03. The predicted octanol–water partition coefficient (Wildman–Crippen LogP) is 5.29. The number of pyridine rings is 2. The van der Waals surface area contributed by atoms with Crippen molar-refractivity contribution in [3.05, 3.63) is 77.9 Å². The number of aryl methyl sites for hydroxylation is 1. The summed E-state index contributed by atoms with van der Waals surface area (Å²) < 4.78 is 45.3. The third kappa shape index (κ3) is 3.15. The van der Waals surface area contributed by atoms with Gasteiger partial charge in [-0.1, -0.05) is 36.4 Å². The SMILES string of the molecule is Cc1nc(Nc2ccccc2)c2nc(F)c(F)c(-c3nc(N)nc4ccccc34)c2c1F. The minimum Gasteiger partial charge on any atom is -0.368 e. The Morgan fingerprint density at radius 3 is 2.31 bits per heavy atom. The summed E-state index contributed by atoms with van der Waals surface area (Å²) in [5.41, 5.74) is 6.24. The molecule has 0 aliphatic rings. The van der Waals surface area contributed by atoms with Gasteiger partial charge < -0.3 is 11.1 Å². The Morgan fingerprint density at radius 2 is 1.53 bits per heavy atom. The van der Waals surface area contributed by atoms with Crippen molar-refractivity contribution < 1.29 is 13.2 Å². The highest BCUT2D eigenvalue weighted by molar-refractivity contribution is 6.05. The van der Waals surface area contributed by atoms with E-state index in [1.165, 1.54) is 6.92 Å². The summed E-state index contributed by atoms with van der Waals surface area (Å²) in [6, 6.07) is 15.6. The van der Waals surface area contributed by atoms with E-state index in [-0.39, 0.29) is 34.1 Å². The van der Waals surface area contributed by atoms with Crippen LogP contribution in [-0.4, -0.2) is 19.9 Å². The van der Waals surface area contributed by atoms with E-state index in [0.29, 0.717) is 16.6 Å². The largest absolute Gasteiger partial charge is 0.368 e. The molecular weight excluding hydrogens is 417 g/mol. The molecule has 6 nitrogen and oxygen atoms in total. The Kier molecular flexibility index (Phi) is 4.58. The van der Waals surface area contributed by atoms with Crippen LogP contribution in [0.5, 0.6) is 0 Å². The second kappa shape index (κ2) is 7.45. The van der Waals surface area contributed by atoms with E-state index < -0.39 is 23.1 Å². The maximum absolute atomic E-state index is 15.4. The highest BCUT2D eigenvalue weighted by Crippen LogP contribution is 2.39. The quantitative estimate of drug-likeness (QED) is 0.377. The van der Waals surface area contributed by atoms with Gasteiger partial charge in [0.05, 0.1) is 27.9 Å². The number of anilines is 3. The van der Waals surface area contributed by atoms with Crippen molar-refractivity contribution in [3.8, 4) is 11.3 Å². The van der Waals surface area contributed by atoms with Crippen LogP contribution in [0.2, 0.25) is 0 Å². The molecule has 0 unspecified atom stereocenters. The summed E-state index contributed by atoms with van der Waals surface area (Å²) in [4.78, 5) is 16.1. The molecule has 158 valence electrons. The third-order valence-electron chi connectivity index (χ3n) is 5.03. The molecule has 5 aromatic rings. The summed E-state index contributed by atoms with van der Waals surface area (Å²) >= 11 is 0. The summed E-state index contributed by atoms with van der Waals surface area (Å²) in [6.45, 7) is 1.43. The molecular formula is C23H15F3N6. The van der Waals surface area contributed by atoms with Gasteiger partial charge >= 0.3 is 0 Å². The molecule has 3 N–H and O–H groups in total. The fraction of sp³-hybridized carbons (Fsp3) is 0.0435. The van der Waals surface area contributed by atoms with E-state index >= 15 is 8.78 Å². The molecule has 0 saturated carbocycles. The van der Waals surface area contributed by atoms with E-state index in [4.69, 9.17) is 5.73 Å². The molecule has 0 amide bonds. The van der Waals surface area contributed by atoms with Gasteiger partial charge in [-0.3, -0.25) is 0 Å². The zero-order valence-electron chi connectivity index (χ0n) is 16.7. The van der Waals surface area contributed by atoms with Crippen LogP contribution in [0, 0.1) is 24.5 Å². The number of nitrogens with two attached hydrogens (primary N) is 1. The summed E-state index contributed by atoms with van der Waals surface area (Å²) in [6.07, 6.45) is 0. The van der Waals surface area contributed by atoms with E-state index in [0.717, 1.165) is 0 Å². The average molecular weight is 432 g/mol. The maximum atomic E-state index is 15.4. The van der Waals surface area contributed by atoms with Crippen molar-refractivity contribution in [1.82, 2.24) is 19.9 Å². The molecule has 32 heavy (non-hydrogen) atoms. The van der Waals surface area contributed by atoms with E-state index in [2.05, 4.69) is 25.3 Å². The first-order valence-electron chi connectivity index (χ1n) is 9.63. The molecule has 5 rings (SSSR count). The van der Waals surface area contributed by atoms with Gasteiger partial charge in [0.1, 0.15) is 5.52 Å². The van der Waals surface area contributed by atoms with Crippen LogP contribution in [0.4, 0.5) is 30.6 Å². The first-order valence-corrected chi connectivity index (χ1v) is 9.63. The Labute approximate surface area is 180 Å². The fourth-order valence-corrected chi connectivity index (χ4v) is 3.62. The number of nitrogen functional groups attached to an aromatic ring is 1. The number of fused-ring (bicyclic) bond motifs is 2. The Morgan fingerprint density at radius 1 is 0.812 bits per heavy atom.